The number of carbonyl (C=O) groups is 2. The topological polar surface area (TPSA) is 67.4 Å². The number of hydrogen-bond acceptors (Lipinski definition) is 4. The molecule has 134 valence electrons. The van der Waals surface area contributed by atoms with Crippen molar-refractivity contribution in [2.24, 2.45) is 0 Å². The van der Waals surface area contributed by atoms with Crippen molar-refractivity contribution in [2.45, 2.75) is 45.5 Å². The van der Waals surface area contributed by atoms with Crippen molar-refractivity contribution < 1.29 is 27.5 Å². The molecule has 1 unspecified atom stereocenters. The van der Waals surface area contributed by atoms with Gasteiger partial charge in [-0.1, -0.05) is 26.0 Å². The Bertz CT molecular complexity index is 585. The maximum absolute atomic E-state index is 13.6. The molecule has 0 bridgehead atoms. The summed E-state index contributed by atoms with van der Waals surface area (Å²) in [5.74, 6) is -2.45. The van der Waals surface area contributed by atoms with Crippen LogP contribution in [0.15, 0.2) is 24.3 Å². The van der Waals surface area contributed by atoms with Crippen LogP contribution >= 0.6 is 0 Å². The molecular formula is C16H21F3N2O3. The summed E-state index contributed by atoms with van der Waals surface area (Å²) >= 11 is 0. The Hall–Kier alpha value is -2.25. The third-order valence-electron chi connectivity index (χ3n) is 3.28. The van der Waals surface area contributed by atoms with Crippen molar-refractivity contribution in [1.29, 1.82) is 0 Å². The van der Waals surface area contributed by atoms with Gasteiger partial charge < -0.3 is 15.4 Å². The minimum absolute atomic E-state index is 0.0264. The molecule has 0 radical (unpaired) electrons. The summed E-state index contributed by atoms with van der Waals surface area (Å²) in [5.41, 5.74) is -2.40. The van der Waals surface area contributed by atoms with Gasteiger partial charge in [0.2, 0.25) is 5.91 Å². The molecule has 0 fully saturated rings. The maximum Gasteiger partial charge on any atom is 0.441 e. The van der Waals surface area contributed by atoms with Crippen molar-refractivity contribution in [2.75, 3.05) is 11.9 Å². The first kappa shape index (κ1) is 19.8. The van der Waals surface area contributed by atoms with Crippen LogP contribution in [-0.2, 0) is 14.3 Å². The quantitative estimate of drug-likeness (QED) is 0.613. The van der Waals surface area contributed by atoms with Crippen molar-refractivity contribution in [3.05, 3.63) is 29.8 Å². The van der Waals surface area contributed by atoms with Crippen LogP contribution in [0.1, 0.15) is 39.2 Å². The molecule has 1 amide bonds. The molecule has 5 nitrogen and oxygen atoms in total. The third kappa shape index (κ3) is 4.39. The van der Waals surface area contributed by atoms with Gasteiger partial charge in [-0.05, 0) is 30.5 Å². The molecule has 1 rings (SSSR count). The number of ether oxygens (including phenoxy) is 1. The van der Waals surface area contributed by atoms with E-state index in [2.05, 4.69) is 10.1 Å². The van der Waals surface area contributed by atoms with Gasteiger partial charge in [-0.25, -0.2) is 4.79 Å². The molecule has 0 aliphatic heterocycles. The number of esters is 1. The highest BCUT2D eigenvalue weighted by Gasteiger charge is 2.63. The van der Waals surface area contributed by atoms with E-state index in [4.69, 9.17) is 0 Å². The number of carbonyl (C=O) groups excluding carboxylic acids is 2. The van der Waals surface area contributed by atoms with E-state index in [0.29, 0.717) is 0 Å². The molecule has 0 aliphatic rings. The van der Waals surface area contributed by atoms with Crippen LogP contribution in [-0.4, -0.2) is 30.3 Å². The Kier molecular flexibility index (Phi) is 6.22. The second kappa shape index (κ2) is 7.55. The van der Waals surface area contributed by atoms with E-state index in [-0.39, 0.29) is 18.2 Å². The van der Waals surface area contributed by atoms with Crippen LogP contribution in [0.2, 0.25) is 0 Å². The van der Waals surface area contributed by atoms with Crippen LogP contribution in [0.4, 0.5) is 18.9 Å². The van der Waals surface area contributed by atoms with Gasteiger partial charge in [-0.2, -0.15) is 13.2 Å². The fourth-order valence-corrected chi connectivity index (χ4v) is 2.06. The molecule has 24 heavy (non-hydrogen) atoms. The fourth-order valence-electron chi connectivity index (χ4n) is 2.06. The number of alkyl halides is 3. The number of nitrogens with one attached hydrogen (secondary N) is 2. The number of halogens is 3. The number of anilines is 1. The highest BCUT2D eigenvalue weighted by Crippen LogP contribution is 2.33. The maximum atomic E-state index is 13.6. The van der Waals surface area contributed by atoms with Crippen molar-refractivity contribution in [3.8, 4) is 0 Å². The first-order chi connectivity index (χ1) is 11.0. The van der Waals surface area contributed by atoms with Crippen molar-refractivity contribution in [3.63, 3.8) is 0 Å². The lowest BCUT2D eigenvalue weighted by molar-refractivity contribution is -0.207. The van der Waals surface area contributed by atoms with Gasteiger partial charge in [-0.15, -0.1) is 0 Å². The van der Waals surface area contributed by atoms with Crippen LogP contribution in [0.3, 0.4) is 0 Å². The first-order valence-corrected chi connectivity index (χ1v) is 7.44. The molecule has 0 saturated carbocycles. The molecule has 2 N–H and O–H groups in total. The highest BCUT2D eigenvalue weighted by molar-refractivity contribution is 5.90. The van der Waals surface area contributed by atoms with E-state index in [1.54, 1.807) is 17.4 Å². The summed E-state index contributed by atoms with van der Waals surface area (Å²) in [6.07, 6.45) is -5.11. The first-order valence-electron chi connectivity index (χ1n) is 7.44. The molecule has 0 aromatic heterocycles. The summed E-state index contributed by atoms with van der Waals surface area (Å²) in [6.45, 7) is 5.90. The Balaban J connectivity index is 3.29. The zero-order valence-corrected chi connectivity index (χ0v) is 14.0. The van der Waals surface area contributed by atoms with E-state index in [1.165, 1.54) is 19.1 Å². The van der Waals surface area contributed by atoms with Crippen molar-refractivity contribution in [1.82, 2.24) is 5.32 Å². The van der Waals surface area contributed by atoms with Crippen molar-refractivity contribution >= 4 is 17.6 Å². The Morgan fingerprint density at radius 2 is 1.71 bits per heavy atom. The lowest BCUT2D eigenvalue weighted by Gasteiger charge is -2.35. The van der Waals surface area contributed by atoms with Crippen LogP contribution in [0.5, 0.6) is 0 Å². The van der Waals surface area contributed by atoms with Gasteiger partial charge in [-0.3, -0.25) is 4.79 Å². The average molecular weight is 346 g/mol. The Morgan fingerprint density at radius 3 is 2.08 bits per heavy atom. The summed E-state index contributed by atoms with van der Waals surface area (Å²) in [4.78, 5) is 23.3. The zero-order chi connectivity index (χ0) is 18.5. The van der Waals surface area contributed by atoms with E-state index < -0.39 is 23.7 Å². The lowest BCUT2D eigenvalue weighted by atomic mass is 10.0. The standard InChI is InChI=1S/C16H21F3N2O3/c1-5-24-14(23)15(16(17,18)19,20-11(4)22)21-13-8-6-12(7-9-13)10(2)3/h6-10,21H,5H2,1-4H3,(H,20,22). The van der Waals surface area contributed by atoms with Gasteiger partial charge in [0, 0.05) is 12.6 Å². The van der Waals surface area contributed by atoms with E-state index in [9.17, 15) is 22.8 Å². The molecular weight excluding hydrogens is 325 g/mol. The molecule has 0 heterocycles. The number of rotatable bonds is 6. The Morgan fingerprint density at radius 1 is 1.17 bits per heavy atom. The number of amides is 1. The minimum Gasteiger partial charge on any atom is -0.463 e. The predicted octanol–water partition coefficient (Wildman–Crippen LogP) is 3.18. The van der Waals surface area contributed by atoms with Crippen LogP contribution in [0, 0.1) is 0 Å². The SMILES string of the molecule is CCOC(=O)C(NC(C)=O)(Nc1ccc(C(C)C)cc1)C(F)(F)F. The second-order valence-corrected chi connectivity index (χ2v) is 5.55. The summed E-state index contributed by atoms with van der Waals surface area (Å²) in [6, 6.07) is 6.12. The van der Waals surface area contributed by atoms with E-state index >= 15 is 0 Å². The van der Waals surface area contributed by atoms with Gasteiger partial charge >= 0.3 is 17.8 Å². The average Bonchev–Trinajstić information content (AvgIpc) is 2.45. The number of benzene rings is 1. The van der Waals surface area contributed by atoms with Gasteiger partial charge in [0.15, 0.2) is 0 Å². The van der Waals surface area contributed by atoms with E-state index in [1.807, 2.05) is 13.8 Å². The van der Waals surface area contributed by atoms with Crippen LogP contribution in [0.25, 0.3) is 0 Å². The predicted molar refractivity (Wildman–Crippen MR) is 83.4 cm³/mol. The summed E-state index contributed by atoms with van der Waals surface area (Å²) < 4.78 is 45.4. The Labute approximate surface area is 138 Å². The minimum atomic E-state index is -5.11. The molecule has 1 atom stereocenters. The lowest BCUT2D eigenvalue weighted by Crippen LogP contribution is -2.69. The fraction of sp³-hybridized carbons (Fsp3) is 0.500. The van der Waals surface area contributed by atoms with E-state index in [0.717, 1.165) is 12.5 Å². The van der Waals surface area contributed by atoms with Crippen LogP contribution < -0.4 is 10.6 Å². The molecule has 1 aromatic carbocycles. The zero-order valence-electron chi connectivity index (χ0n) is 14.0. The molecule has 0 spiro atoms. The summed E-state index contributed by atoms with van der Waals surface area (Å²) in [5, 5.41) is 3.74. The largest absolute Gasteiger partial charge is 0.463 e. The second-order valence-electron chi connectivity index (χ2n) is 5.55. The smallest absolute Gasteiger partial charge is 0.441 e. The molecule has 8 heteroatoms. The number of hydrogen-bond donors (Lipinski definition) is 2. The monoisotopic (exact) mass is 346 g/mol. The summed E-state index contributed by atoms with van der Waals surface area (Å²) in [7, 11) is 0. The molecule has 1 aromatic rings. The van der Waals surface area contributed by atoms with Gasteiger partial charge in [0.25, 0.3) is 0 Å². The third-order valence-corrected chi connectivity index (χ3v) is 3.28. The van der Waals surface area contributed by atoms with Gasteiger partial charge in [0.1, 0.15) is 0 Å². The highest BCUT2D eigenvalue weighted by atomic mass is 19.4. The normalized spacial score (nSPS) is 14.0. The molecule has 0 saturated heterocycles. The molecule has 0 aliphatic carbocycles. The van der Waals surface area contributed by atoms with Gasteiger partial charge in [0.05, 0.1) is 6.61 Å².